The molecule has 4 aromatic rings. The van der Waals surface area contributed by atoms with E-state index in [-0.39, 0.29) is 17.3 Å². The topological polar surface area (TPSA) is 137 Å². The second kappa shape index (κ2) is 9.43. The Morgan fingerprint density at radius 3 is 2.47 bits per heavy atom. The zero-order valence-electron chi connectivity index (χ0n) is 17.4. The number of nitrogens with zero attached hydrogens (tertiary/aromatic N) is 6. The number of aryl methyl sites for hydroxylation is 2. The van der Waals surface area contributed by atoms with Gasteiger partial charge in [-0.2, -0.15) is 9.78 Å². The highest BCUT2D eigenvalue weighted by molar-refractivity contribution is 7.98. The van der Waals surface area contributed by atoms with Crippen LogP contribution in [0, 0.1) is 13.8 Å². The minimum Gasteiger partial charge on any atom is -0.378 e. The number of anilines is 1. The lowest BCUT2D eigenvalue weighted by molar-refractivity contribution is 0.0949. The number of nitrogen functional groups attached to an aromatic ring is 1. The standard InChI is InChI=1S/C21H20N8O2S/c1-13-3-7-15(8-4-13)11-23-25-21(30)18-17(12-32-16-9-5-14(2)6-10-16)29(28-24-18)20-19(22)26-31-27-20/h3-11H,12H2,1-2H3,(H2,22,26)(H,25,30). The molecule has 162 valence electrons. The predicted molar refractivity (Wildman–Crippen MR) is 121 cm³/mol. The van der Waals surface area contributed by atoms with Crippen LogP contribution in [0.3, 0.4) is 0 Å². The molecule has 11 heteroatoms. The Kier molecular flexibility index (Phi) is 6.26. The van der Waals surface area contributed by atoms with Crippen LogP contribution in [0.2, 0.25) is 0 Å². The van der Waals surface area contributed by atoms with E-state index in [1.807, 2.05) is 62.4 Å². The molecule has 2 aromatic carbocycles. The fraction of sp³-hybridized carbons (Fsp3) is 0.143. The SMILES string of the molecule is Cc1ccc(C=NNC(=O)c2nnn(-c3nonc3N)c2CSc2ccc(C)cc2)cc1. The molecule has 2 heterocycles. The Balaban J connectivity index is 1.56. The zero-order valence-corrected chi connectivity index (χ0v) is 18.2. The molecule has 0 aliphatic rings. The number of thioether (sulfide) groups is 1. The normalized spacial score (nSPS) is 11.2. The molecule has 32 heavy (non-hydrogen) atoms. The number of carbonyl (C=O) groups excluding carboxylic acids is 1. The molecule has 0 unspecified atom stereocenters. The number of rotatable bonds is 7. The van der Waals surface area contributed by atoms with E-state index in [4.69, 9.17) is 5.73 Å². The molecular weight excluding hydrogens is 428 g/mol. The summed E-state index contributed by atoms with van der Waals surface area (Å²) in [6.07, 6.45) is 1.56. The van der Waals surface area contributed by atoms with Crippen LogP contribution in [-0.2, 0) is 5.75 Å². The largest absolute Gasteiger partial charge is 0.378 e. The van der Waals surface area contributed by atoms with Gasteiger partial charge < -0.3 is 5.73 Å². The lowest BCUT2D eigenvalue weighted by Crippen LogP contribution is -2.20. The van der Waals surface area contributed by atoms with Crippen LogP contribution in [0.25, 0.3) is 5.82 Å². The van der Waals surface area contributed by atoms with Gasteiger partial charge in [0.1, 0.15) is 0 Å². The number of amides is 1. The lowest BCUT2D eigenvalue weighted by Gasteiger charge is -2.06. The van der Waals surface area contributed by atoms with E-state index in [0.29, 0.717) is 11.4 Å². The summed E-state index contributed by atoms with van der Waals surface area (Å²) in [5.41, 5.74) is 12.1. The van der Waals surface area contributed by atoms with Gasteiger partial charge in [-0.1, -0.05) is 52.7 Å². The molecule has 0 bridgehead atoms. The monoisotopic (exact) mass is 448 g/mol. The number of nitrogens with one attached hydrogen (secondary N) is 1. The summed E-state index contributed by atoms with van der Waals surface area (Å²) in [5.74, 6) is 0.0847. The quantitative estimate of drug-likeness (QED) is 0.250. The Morgan fingerprint density at radius 2 is 1.81 bits per heavy atom. The van der Waals surface area contributed by atoms with Crippen molar-refractivity contribution in [2.45, 2.75) is 24.5 Å². The number of hydrogen-bond acceptors (Lipinski definition) is 9. The number of hydrazone groups is 1. The minimum absolute atomic E-state index is 0.0424. The van der Waals surface area contributed by atoms with Gasteiger partial charge in [-0.15, -0.1) is 16.9 Å². The second-order valence-electron chi connectivity index (χ2n) is 6.98. The van der Waals surface area contributed by atoms with E-state index in [1.54, 1.807) is 6.21 Å². The van der Waals surface area contributed by atoms with Gasteiger partial charge in [-0.3, -0.25) is 4.79 Å². The summed E-state index contributed by atoms with van der Waals surface area (Å²) in [6.45, 7) is 4.02. The van der Waals surface area contributed by atoms with Gasteiger partial charge in [0.25, 0.3) is 5.91 Å². The summed E-state index contributed by atoms with van der Waals surface area (Å²) in [6, 6.07) is 15.8. The van der Waals surface area contributed by atoms with Crippen LogP contribution in [0.1, 0.15) is 32.9 Å². The van der Waals surface area contributed by atoms with Crippen molar-refractivity contribution in [3.63, 3.8) is 0 Å². The third kappa shape index (κ3) is 4.83. The number of hydrogen-bond donors (Lipinski definition) is 2. The third-order valence-electron chi connectivity index (χ3n) is 4.53. The fourth-order valence-corrected chi connectivity index (χ4v) is 3.66. The van der Waals surface area contributed by atoms with Crippen LogP contribution in [0.5, 0.6) is 0 Å². The smallest absolute Gasteiger partial charge is 0.293 e. The van der Waals surface area contributed by atoms with Crippen molar-refractivity contribution < 1.29 is 9.42 Å². The van der Waals surface area contributed by atoms with E-state index >= 15 is 0 Å². The fourth-order valence-electron chi connectivity index (χ4n) is 2.77. The number of nitrogens with two attached hydrogens (primary N) is 1. The molecule has 0 fully saturated rings. The molecule has 0 radical (unpaired) electrons. The van der Waals surface area contributed by atoms with Crippen LogP contribution in [0.4, 0.5) is 5.82 Å². The van der Waals surface area contributed by atoms with Gasteiger partial charge >= 0.3 is 0 Å². The molecular formula is C21H20N8O2S. The van der Waals surface area contributed by atoms with Crippen LogP contribution >= 0.6 is 11.8 Å². The predicted octanol–water partition coefficient (Wildman–Crippen LogP) is 2.91. The molecule has 0 aliphatic carbocycles. The first-order valence-corrected chi connectivity index (χ1v) is 10.6. The summed E-state index contributed by atoms with van der Waals surface area (Å²) in [5, 5.41) is 19.4. The van der Waals surface area contributed by atoms with Gasteiger partial charge in [0.05, 0.1) is 11.9 Å². The van der Waals surface area contributed by atoms with Crippen LogP contribution in [-0.4, -0.2) is 37.4 Å². The lowest BCUT2D eigenvalue weighted by atomic mass is 10.2. The highest BCUT2D eigenvalue weighted by Gasteiger charge is 2.24. The van der Waals surface area contributed by atoms with Crippen molar-refractivity contribution in [3.8, 4) is 5.82 Å². The molecule has 0 atom stereocenters. The Bertz CT molecular complexity index is 1250. The molecule has 3 N–H and O–H groups in total. The molecule has 2 aromatic heterocycles. The zero-order chi connectivity index (χ0) is 22.5. The van der Waals surface area contributed by atoms with Crippen molar-refractivity contribution in [2.24, 2.45) is 5.10 Å². The van der Waals surface area contributed by atoms with Gasteiger partial charge in [0.2, 0.25) is 11.6 Å². The Labute approximate surface area is 187 Å². The summed E-state index contributed by atoms with van der Waals surface area (Å²) >= 11 is 1.52. The van der Waals surface area contributed by atoms with Gasteiger partial charge in [-0.25, -0.2) is 10.1 Å². The molecule has 0 spiro atoms. The Hall–Kier alpha value is -3.99. The third-order valence-corrected chi connectivity index (χ3v) is 5.55. The summed E-state index contributed by atoms with van der Waals surface area (Å²) in [4.78, 5) is 13.8. The number of aromatic nitrogens is 5. The minimum atomic E-state index is -0.505. The van der Waals surface area contributed by atoms with Gasteiger partial charge in [-0.05, 0) is 41.9 Å². The van der Waals surface area contributed by atoms with Crippen molar-refractivity contribution in [1.29, 1.82) is 0 Å². The molecule has 10 nitrogen and oxygen atoms in total. The van der Waals surface area contributed by atoms with E-state index in [9.17, 15) is 4.79 Å². The van der Waals surface area contributed by atoms with Crippen molar-refractivity contribution in [3.05, 3.63) is 76.6 Å². The maximum Gasteiger partial charge on any atom is 0.293 e. The molecule has 0 saturated carbocycles. The summed E-state index contributed by atoms with van der Waals surface area (Å²) < 4.78 is 6.03. The van der Waals surface area contributed by atoms with E-state index in [2.05, 4.69) is 35.8 Å². The molecule has 0 aliphatic heterocycles. The highest BCUT2D eigenvalue weighted by atomic mass is 32.2. The maximum atomic E-state index is 12.8. The summed E-state index contributed by atoms with van der Waals surface area (Å²) in [7, 11) is 0. The van der Waals surface area contributed by atoms with Gasteiger partial charge in [0.15, 0.2) is 5.69 Å². The first-order chi connectivity index (χ1) is 15.5. The number of benzene rings is 2. The van der Waals surface area contributed by atoms with Crippen molar-refractivity contribution in [2.75, 3.05) is 5.73 Å². The average Bonchev–Trinajstić information content (AvgIpc) is 3.40. The van der Waals surface area contributed by atoms with E-state index in [0.717, 1.165) is 21.6 Å². The van der Waals surface area contributed by atoms with E-state index in [1.165, 1.54) is 16.4 Å². The highest BCUT2D eigenvalue weighted by Crippen LogP contribution is 2.26. The first kappa shape index (κ1) is 21.2. The average molecular weight is 449 g/mol. The van der Waals surface area contributed by atoms with Crippen LogP contribution < -0.4 is 11.2 Å². The van der Waals surface area contributed by atoms with Crippen molar-refractivity contribution in [1.82, 2.24) is 30.7 Å². The maximum absolute atomic E-state index is 12.8. The van der Waals surface area contributed by atoms with Crippen molar-refractivity contribution >= 4 is 29.7 Å². The second-order valence-corrected chi connectivity index (χ2v) is 8.03. The van der Waals surface area contributed by atoms with Gasteiger partial charge in [0, 0.05) is 10.6 Å². The van der Waals surface area contributed by atoms with E-state index < -0.39 is 5.91 Å². The molecule has 4 rings (SSSR count). The number of carbonyl (C=O) groups is 1. The Morgan fingerprint density at radius 1 is 1.12 bits per heavy atom. The molecule has 0 saturated heterocycles. The van der Waals surface area contributed by atoms with Crippen LogP contribution in [0.15, 0.2) is 63.2 Å². The first-order valence-electron chi connectivity index (χ1n) is 9.64. The molecule has 1 amide bonds.